The molecule has 0 bridgehead atoms. The van der Waals surface area contributed by atoms with Crippen LogP contribution in [0.15, 0.2) is 95.9 Å². The molecule has 0 aliphatic carbocycles. The number of nitrogens with zero attached hydrogens (tertiary/aromatic N) is 2. The van der Waals surface area contributed by atoms with Crippen molar-refractivity contribution in [2.75, 3.05) is 0 Å². The molecule has 0 aliphatic heterocycles. The van der Waals surface area contributed by atoms with E-state index < -0.39 is 0 Å². The molecule has 47 heavy (non-hydrogen) atoms. The Hall–Kier alpha value is -4.11. The van der Waals surface area contributed by atoms with E-state index in [-0.39, 0.29) is 25.5 Å². The molecular weight excluding hydrogens is 753 g/mol. The van der Waals surface area contributed by atoms with Crippen molar-refractivity contribution in [3.05, 3.63) is 131 Å². The molecule has 7 rings (SSSR count). The zero-order chi connectivity index (χ0) is 32.6. The van der Waals surface area contributed by atoms with Crippen LogP contribution in [0.4, 0.5) is 0 Å². The molecule has 0 unspecified atom stereocenters. The van der Waals surface area contributed by atoms with Crippen LogP contribution in [0.5, 0.6) is 0 Å². The molecule has 0 spiro atoms. The van der Waals surface area contributed by atoms with Crippen molar-refractivity contribution in [2.45, 2.75) is 67.7 Å². The molecule has 4 aromatic carbocycles. The van der Waals surface area contributed by atoms with Crippen molar-refractivity contribution in [2.24, 2.45) is 5.41 Å². The van der Waals surface area contributed by atoms with E-state index in [0.29, 0.717) is 5.92 Å². The minimum Gasteiger partial charge on any atom is -0.508 e. The zero-order valence-electron chi connectivity index (χ0n) is 28.6. The fourth-order valence-corrected chi connectivity index (χ4v) is 6.27. The van der Waals surface area contributed by atoms with Gasteiger partial charge in [0, 0.05) is 32.5 Å². The summed E-state index contributed by atoms with van der Waals surface area (Å²) < 4.78 is 5.73. The number of fused-ring (bicyclic) bond motifs is 3. The summed E-state index contributed by atoms with van der Waals surface area (Å²) in [6.45, 7) is 17.5. The largest absolute Gasteiger partial charge is 0.508 e. The summed E-state index contributed by atoms with van der Waals surface area (Å²) in [5, 5.41) is 5.89. The molecule has 0 fully saturated rings. The SMILES string of the molecule is Cc1[c-]c(-c2nccc3cc(C(C)C)ccc23)cc(C)c1.Cc1[c-]c(-c2nccc3cc(CC(C)(C)C)ccc23)c2occc2c1.[Ir]. The first-order valence-corrected chi connectivity index (χ1v) is 16.1. The van der Waals surface area contributed by atoms with Gasteiger partial charge in [-0.05, 0) is 80.0 Å². The van der Waals surface area contributed by atoms with Gasteiger partial charge in [0.2, 0.25) is 0 Å². The van der Waals surface area contributed by atoms with Crippen LogP contribution in [0.3, 0.4) is 0 Å². The molecule has 0 saturated heterocycles. The number of aromatic nitrogens is 2. The summed E-state index contributed by atoms with van der Waals surface area (Å²) in [5.74, 6) is 0.541. The van der Waals surface area contributed by atoms with Crippen LogP contribution in [-0.4, -0.2) is 9.97 Å². The van der Waals surface area contributed by atoms with Crippen LogP contribution in [0.25, 0.3) is 55.0 Å². The number of furan rings is 1. The van der Waals surface area contributed by atoms with E-state index >= 15 is 0 Å². The fourth-order valence-electron chi connectivity index (χ4n) is 6.27. The Morgan fingerprint density at radius 2 is 1.36 bits per heavy atom. The maximum absolute atomic E-state index is 5.73. The molecule has 0 atom stereocenters. The van der Waals surface area contributed by atoms with Gasteiger partial charge in [-0.1, -0.05) is 103 Å². The smallest absolute Gasteiger partial charge is 0.0766 e. The predicted molar refractivity (Wildman–Crippen MR) is 193 cm³/mol. The minimum atomic E-state index is 0. The van der Waals surface area contributed by atoms with E-state index in [0.717, 1.165) is 56.4 Å². The monoisotopic (exact) mass is 795 g/mol. The van der Waals surface area contributed by atoms with Gasteiger partial charge >= 0.3 is 0 Å². The predicted octanol–water partition coefficient (Wildman–Crippen LogP) is 11.8. The van der Waals surface area contributed by atoms with E-state index in [2.05, 4.69) is 144 Å². The summed E-state index contributed by atoms with van der Waals surface area (Å²) in [6, 6.07) is 32.8. The van der Waals surface area contributed by atoms with Gasteiger partial charge in [-0.2, -0.15) is 0 Å². The van der Waals surface area contributed by atoms with Crippen LogP contribution in [0.2, 0.25) is 0 Å². The third-order valence-corrected chi connectivity index (χ3v) is 8.28. The number of hydrogen-bond acceptors (Lipinski definition) is 3. The van der Waals surface area contributed by atoms with Crippen molar-refractivity contribution >= 4 is 32.5 Å². The Kier molecular flexibility index (Phi) is 10.2. The van der Waals surface area contributed by atoms with Gasteiger partial charge in [-0.3, -0.25) is 0 Å². The summed E-state index contributed by atoms with van der Waals surface area (Å²) in [5.41, 5.74) is 11.3. The van der Waals surface area contributed by atoms with Gasteiger partial charge in [0.25, 0.3) is 0 Å². The normalized spacial score (nSPS) is 11.5. The Labute approximate surface area is 292 Å². The minimum absolute atomic E-state index is 0. The zero-order valence-corrected chi connectivity index (χ0v) is 31.0. The van der Waals surface area contributed by atoms with Gasteiger partial charge in [0.15, 0.2) is 0 Å². The first kappa shape index (κ1) is 34.2. The summed E-state index contributed by atoms with van der Waals surface area (Å²) >= 11 is 0. The van der Waals surface area contributed by atoms with Crippen LogP contribution >= 0.6 is 0 Å². The number of benzene rings is 4. The average Bonchev–Trinajstić information content (AvgIpc) is 3.47. The van der Waals surface area contributed by atoms with Gasteiger partial charge in [-0.15, -0.1) is 52.6 Å². The molecule has 3 nitrogen and oxygen atoms in total. The molecule has 3 aromatic heterocycles. The van der Waals surface area contributed by atoms with Crippen molar-refractivity contribution in [1.82, 2.24) is 9.97 Å². The Morgan fingerprint density at radius 1 is 0.702 bits per heavy atom. The summed E-state index contributed by atoms with van der Waals surface area (Å²) in [4.78, 5) is 9.26. The van der Waals surface area contributed by atoms with Crippen molar-refractivity contribution in [1.29, 1.82) is 0 Å². The maximum Gasteiger partial charge on any atom is 0.0766 e. The van der Waals surface area contributed by atoms with Crippen LogP contribution in [-0.2, 0) is 26.5 Å². The first-order chi connectivity index (χ1) is 21.9. The second kappa shape index (κ2) is 13.9. The van der Waals surface area contributed by atoms with Gasteiger partial charge in [0.1, 0.15) is 0 Å². The number of pyridine rings is 2. The molecule has 1 radical (unpaired) electrons. The Morgan fingerprint density at radius 3 is 2.06 bits per heavy atom. The topological polar surface area (TPSA) is 38.9 Å². The molecule has 4 heteroatoms. The number of aryl methyl sites for hydroxylation is 3. The molecular formula is C43H42IrN2O-2. The van der Waals surface area contributed by atoms with Gasteiger partial charge < -0.3 is 14.4 Å². The van der Waals surface area contributed by atoms with Crippen molar-refractivity contribution < 1.29 is 24.5 Å². The first-order valence-electron chi connectivity index (χ1n) is 16.1. The molecule has 0 N–H and O–H groups in total. The molecule has 3 heterocycles. The summed E-state index contributed by atoms with van der Waals surface area (Å²) in [6.07, 6.45) is 6.56. The van der Waals surface area contributed by atoms with E-state index in [1.54, 1.807) is 6.26 Å². The van der Waals surface area contributed by atoms with Gasteiger partial charge in [-0.25, -0.2) is 0 Å². The standard InChI is InChI=1S/C23H22NO.C20H20N.Ir/c1-15-11-18-8-10-25-22(18)20(12-15)21-19-6-5-16(14-23(2,3)4)13-17(19)7-9-24-21;1-13(2)16-5-6-19-17(12-16)7-8-21-20(19)18-10-14(3)9-15(4)11-18;/h5-11,13H,14H2,1-4H3;5-10,12-13H,1-4H3;/q2*-1;. The molecule has 0 saturated carbocycles. The maximum atomic E-state index is 5.73. The van der Waals surface area contributed by atoms with Gasteiger partial charge in [0.05, 0.1) is 11.8 Å². The van der Waals surface area contributed by atoms with Crippen molar-refractivity contribution in [3.8, 4) is 22.5 Å². The van der Waals surface area contributed by atoms with E-state index in [9.17, 15) is 0 Å². The quantitative estimate of drug-likeness (QED) is 0.167. The Balaban J connectivity index is 0.000000183. The molecule has 0 aliphatic rings. The second-order valence-electron chi connectivity index (χ2n) is 14.0. The van der Waals surface area contributed by atoms with Crippen LogP contribution in [0.1, 0.15) is 68.4 Å². The van der Waals surface area contributed by atoms with Crippen molar-refractivity contribution in [3.63, 3.8) is 0 Å². The van der Waals surface area contributed by atoms with E-state index in [1.165, 1.54) is 32.8 Å². The third kappa shape index (κ3) is 7.72. The van der Waals surface area contributed by atoms with E-state index in [4.69, 9.17) is 4.42 Å². The molecule has 241 valence electrons. The Bertz CT molecular complexity index is 2170. The van der Waals surface area contributed by atoms with E-state index in [1.807, 2.05) is 18.5 Å². The average molecular weight is 795 g/mol. The second-order valence-corrected chi connectivity index (χ2v) is 14.0. The van der Waals surface area contributed by atoms with Crippen LogP contribution < -0.4 is 0 Å². The number of hydrogen-bond donors (Lipinski definition) is 0. The summed E-state index contributed by atoms with van der Waals surface area (Å²) in [7, 11) is 0. The molecule has 7 aromatic rings. The molecule has 0 amide bonds. The van der Waals surface area contributed by atoms with Crippen LogP contribution in [0, 0.1) is 38.3 Å². The third-order valence-electron chi connectivity index (χ3n) is 8.28. The number of rotatable bonds is 4. The fraction of sp³-hybridized carbons (Fsp3) is 0.256.